The Hall–Kier alpha value is -3.68. The van der Waals surface area contributed by atoms with E-state index in [2.05, 4.69) is 15.6 Å². The van der Waals surface area contributed by atoms with Gasteiger partial charge in [0, 0.05) is 13.0 Å². The number of aromatic nitrogens is 3. The normalized spacial score (nSPS) is 21.7. The molecule has 3 aliphatic rings. The predicted molar refractivity (Wildman–Crippen MR) is 137 cm³/mol. The van der Waals surface area contributed by atoms with Crippen molar-refractivity contribution < 1.29 is 36.5 Å². The molecular weight excluding hydrogens is 545 g/mol. The minimum absolute atomic E-state index is 0.00989. The van der Waals surface area contributed by atoms with E-state index in [0.29, 0.717) is 28.2 Å². The lowest BCUT2D eigenvalue weighted by atomic mass is 9.83. The van der Waals surface area contributed by atoms with Crippen molar-refractivity contribution in [1.82, 2.24) is 30.8 Å². The van der Waals surface area contributed by atoms with Gasteiger partial charge >= 0.3 is 12.2 Å². The SMILES string of the molecule is COC[C@H](c1ccc2oc([C@@H](NC(=O)c3nonc3C3CC3)C3CCCCC3)nc2c1)N1C[C@@H](C(F)(F)F)NC1=O. The Bertz CT molecular complexity index is 1410. The number of hydrogen-bond acceptors (Lipinski definition) is 8. The molecular formula is C27H31F3N6O5. The van der Waals surface area contributed by atoms with Gasteiger partial charge in [0.25, 0.3) is 5.91 Å². The topological polar surface area (TPSA) is 136 Å². The molecule has 1 aliphatic heterocycles. The molecule has 0 radical (unpaired) electrons. The Kier molecular flexibility index (Phi) is 7.34. The monoisotopic (exact) mass is 576 g/mol. The second-order valence-corrected chi connectivity index (χ2v) is 11.1. The zero-order chi connectivity index (χ0) is 28.7. The van der Waals surface area contributed by atoms with Crippen LogP contribution in [0.5, 0.6) is 0 Å². The number of hydrogen-bond donors (Lipinski definition) is 2. The van der Waals surface area contributed by atoms with Gasteiger partial charge in [-0.1, -0.05) is 30.5 Å². The van der Waals surface area contributed by atoms with Crippen LogP contribution in [0, 0.1) is 5.92 Å². The molecule has 3 fully saturated rings. The minimum Gasteiger partial charge on any atom is -0.438 e. The van der Waals surface area contributed by atoms with Crippen LogP contribution in [-0.2, 0) is 4.74 Å². The second-order valence-electron chi connectivity index (χ2n) is 11.1. The van der Waals surface area contributed by atoms with Gasteiger partial charge < -0.3 is 24.7 Å². The molecule has 6 rings (SSSR count). The van der Waals surface area contributed by atoms with Crippen LogP contribution in [0.3, 0.4) is 0 Å². The average Bonchev–Trinajstić information content (AvgIpc) is 3.33. The summed E-state index contributed by atoms with van der Waals surface area (Å²) in [5.41, 5.74) is 2.21. The van der Waals surface area contributed by atoms with Gasteiger partial charge in [-0.15, -0.1) is 0 Å². The third kappa shape index (κ3) is 5.61. The highest BCUT2D eigenvalue weighted by Gasteiger charge is 2.48. The van der Waals surface area contributed by atoms with Crippen LogP contribution in [0.4, 0.5) is 18.0 Å². The molecule has 3 heterocycles. The molecule has 3 amide bonds. The highest BCUT2D eigenvalue weighted by Crippen LogP contribution is 2.41. The third-order valence-corrected chi connectivity index (χ3v) is 8.21. The number of carbonyl (C=O) groups excluding carboxylic acids is 2. The number of rotatable bonds is 9. The molecule has 3 atom stereocenters. The van der Waals surface area contributed by atoms with Crippen molar-refractivity contribution in [2.75, 3.05) is 20.3 Å². The highest BCUT2D eigenvalue weighted by atomic mass is 19.4. The number of urea groups is 1. The first-order valence-electron chi connectivity index (χ1n) is 13.9. The van der Waals surface area contributed by atoms with Crippen molar-refractivity contribution in [1.29, 1.82) is 0 Å². The van der Waals surface area contributed by atoms with Gasteiger partial charge in [-0.3, -0.25) is 4.79 Å². The van der Waals surface area contributed by atoms with Gasteiger partial charge in [0.15, 0.2) is 11.3 Å². The van der Waals surface area contributed by atoms with E-state index in [-0.39, 0.29) is 24.1 Å². The Labute approximate surface area is 233 Å². The highest BCUT2D eigenvalue weighted by molar-refractivity contribution is 5.93. The minimum atomic E-state index is -4.56. The number of ether oxygens (including phenoxy) is 1. The number of methoxy groups -OCH3 is 1. The quantitative estimate of drug-likeness (QED) is 0.372. The van der Waals surface area contributed by atoms with Crippen molar-refractivity contribution in [2.24, 2.45) is 5.92 Å². The number of amides is 3. The van der Waals surface area contributed by atoms with Crippen LogP contribution in [0.15, 0.2) is 27.2 Å². The van der Waals surface area contributed by atoms with Gasteiger partial charge in [0.2, 0.25) is 5.89 Å². The molecule has 11 nitrogen and oxygen atoms in total. The Morgan fingerprint density at radius 3 is 2.66 bits per heavy atom. The van der Waals surface area contributed by atoms with Gasteiger partial charge in [-0.2, -0.15) is 13.2 Å². The van der Waals surface area contributed by atoms with E-state index in [1.165, 1.54) is 7.11 Å². The van der Waals surface area contributed by atoms with E-state index in [0.717, 1.165) is 49.8 Å². The van der Waals surface area contributed by atoms with Gasteiger partial charge in [0.05, 0.1) is 19.2 Å². The van der Waals surface area contributed by atoms with E-state index in [1.807, 2.05) is 5.32 Å². The Morgan fingerprint density at radius 2 is 1.98 bits per heavy atom. The molecule has 41 heavy (non-hydrogen) atoms. The van der Waals surface area contributed by atoms with E-state index < -0.39 is 42.8 Å². The zero-order valence-electron chi connectivity index (χ0n) is 22.4. The van der Waals surface area contributed by atoms with Gasteiger partial charge in [-0.05, 0) is 54.5 Å². The number of oxazole rings is 1. The van der Waals surface area contributed by atoms with Crippen molar-refractivity contribution >= 4 is 23.0 Å². The van der Waals surface area contributed by atoms with Crippen LogP contribution in [0.25, 0.3) is 11.1 Å². The first-order chi connectivity index (χ1) is 19.7. The molecule has 0 spiro atoms. The maximum absolute atomic E-state index is 13.3. The smallest absolute Gasteiger partial charge is 0.410 e. The fourth-order valence-electron chi connectivity index (χ4n) is 5.87. The number of benzene rings is 1. The number of fused-ring (bicyclic) bond motifs is 1. The summed E-state index contributed by atoms with van der Waals surface area (Å²) in [4.78, 5) is 31.6. The number of nitrogens with zero attached hydrogens (tertiary/aromatic N) is 4. The summed E-state index contributed by atoms with van der Waals surface area (Å²) in [5, 5.41) is 12.9. The summed E-state index contributed by atoms with van der Waals surface area (Å²) < 4.78 is 56.2. The van der Waals surface area contributed by atoms with E-state index in [4.69, 9.17) is 18.8 Å². The van der Waals surface area contributed by atoms with E-state index in [9.17, 15) is 22.8 Å². The van der Waals surface area contributed by atoms with Crippen LogP contribution in [0.2, 0.25) is 0 Å². The lowest BCUT2D eigenvalue weighted by molar-refractivity contribution is -0.150. The van der Waals surface area contributed by atoms with Gasteiger partial charge in [0.1, 0.15) is 23.3 Å². The molecule has 1 aromatic carbocycles. The summed E-state index contributed by atoms with van der Waals surface area (Å²) in [6.07, 6.45) is 2.26. The maximum atomic E-state index is 13.3. The van der Waals surface area contributed by atoms with Crippen molar-refractivity contribution in [3.05, 3.63) is 41.0 Å². The number of nitrogens with one attached hydrogen (secondary N) is 2. The molecule has 2 aromatic heterocycles. The zero-order valence-corrected chi connectivity index (χ0v) is 22.4. The predicted octanol–water partition coefficient (Wildman–Crippen LogP) is 4.78. The summed E-state index contributed by atoms with van der Waals surface area (Å²) in [6.45, 7) is -0.544. The van der Waals surface area contributed by atoms with E-state index in [1.54, 1.807) is 18.2 Å². The standard InChI is InChI=1S/C27H31F3N6O5/c1-39-13-18(36-12-20(27(28,29)30)32-26(36)38)16-9-10-19-17(11-16)31-25(40-19)22(14-5-3-2-4-6-14)33-24(37)23-21(15-7-8-15)34-41-35-23/h9-11,14-15,18,20,22H,2-8,12-13H2,1H3,(H,32,38)(H,33,37)/t18-,20+,22+/m1/s1. The first kappa shape index (κ1) is 27.5. The summed E-state index contributed by atoms with van der Waals surface area (Å²) in [6, 6.07) is 0.977. The van der Waals surface area contributed by atoms with Crippen molar-refractivity contribution in [3.63, 3.8) is 0 Å². The lowest BCUT2D eigenvalue weighted by Gasteiger charge is -2.28. The van der Waals surface area contributed by atoms with Crippen LogP contribution in [0.1, 0.15) is 90.6 Å². The largest absolute Gasteiger partial charge is 0.438 e. The maximum Gasteiger partial charge on any atom is 0.410 e. The fraction of sp³-hybridized carbons (Fsp3) is 0.593. The molecule has 0 unspecified atom stereocenters. The van der Waals surface area contributed by atoms with Crippen LogP contribution >= 0.6 is 0 Å². The third-order valence-electron chi connectivity index (χ3n) is 8.21. The average molecular weight is 577 g/mol. The van der Waals surface area contributed by atoms with Crippen LogP contribution in [-0.4, -0.2) is 64.6 Å². The summed E-state index contributed by atoms with van der Waals surface area (Å²) >= 11 is 0. The lowest BCUT2D eigenvalue weighted by Crippen LogP contribution is -2.40. The molecule has 3 aromatic rings. The van der Waals surface area contributed by atoms with Crippen molar-refractivity contribution in [3.8, 4) is 0 Å². The van der Waals surface area contributed by atoms with Gasteiger partial charge in [-0.25, -0.2) is 14.4 Å². The molecule has 2 saturated carbocycles. The molecule has 1 saturated heterocycles. The second kappa shape index (κ2) is 11.0. The number of alkyl halides is 3. The Balaban J connectivity index is 1.29. The summed E-state index contributed by atoms with van der Waals surface area (Å²) in [5.74, 6) is 0.215. The summed E-state index contributed by atoms with van der Waals surface area (Å²) in [7, 11) is 1.42. The first-order valence-corrected chi connectivity index (χ1v) is 13.9. The molecule has 0 bridgehead atoms. The number of halogens is 3. The molecule has 220 valence electrons. The van der Waals surface area contributed by atoms with E-state index >= 15 is 0 Å². The Morgan fingerprint density at radius 1 is 1.20 bits per heavy atom. The van der Waals surface area contributed by atoms with Crippen LogP contribution < -0.4 is 10.6 Å². The van der Waals surface area contributed by atoms with Crippen molar-refractivity contribution in [2.45, 2.75) is 75.2 Å². The molecule has 2 aliphatic carbocycles. The number of carbonyl (C=O) groups is 2. The fourth-order valence-corrected chi connectivity index (χ4v) is 5.87. The molecule has 14 heteroatoms. The molecule has 2 N–H and O–H groups in total.